The van der Waals surface area contributed by atoms with Crippen molar-refractivity contribution in [3.8, 4) is 0 Å². The van der Waals surface area contributed by atoms with Gasteiger partial charge in [-0.3, -0.25) is 4.79 Å². The smallest absolute Gasteiger partial charge is 0.288 e. The first-order valence-corrected chi connectivity index (χ1v) is 3.58. The van der Waals surface area contributed by atoms with E-state index in [9.17, 15) is 4.79 Å². The Balaban J connectivity index is 2.38. The van der Waals surface area contributed by atoms with Gasteiger partial charge in [-0.2, -0.15) is 0 Å². The number of ether oxygens (including phenoxy) is 1. The number of carbonyl (C=O) groups excluding carboxylic acids is 1. The van der Waals surface area contributed by atoms with Gasteiger partial charge in [-0.1, -0.05) is 0 Å². The third-order valence-corrected chi connectivity index (χ3v) is 1.65. The number of primary amides is 1. The molecule has 1 aliphatic rings. The van der Waals surface area contributed by atoms with E-state index in [4.69, 9.17) is 10.5 Å². The molecule has 64 valence electrons. The van der Waals surface area contributed by atoms with E-state index in [2.05, 4.69) is 10.1 Å². The number of carbonyl (C=O) groups is 1. The molecule has 1 aromatic heterocycles. The van der Waals surface area contributed by atoms with E-state index < -0.39 is 5.91 Å². The average molecular weight is 168 g/mol. The molecule has 1 amide bonds. The number of hydrogen-bond acceptors (Lipinski definition) is 4. The summed E-state index contributed by atoms with van der Waals surface area (Å²) in [7, 11) is 0. The van der Waals surface area contributed by atoms with Crippen molar-refractivity contribution in [3.05, 3.63) is 11.6 Å². The van der Waals surface area contributed by atoms with Crippen LogP contribution in [0.5, 0.6) is 0 Å². The van der Waals surface area contributed by atoms with Crippen molar-refractivity contribution in [2.45, 2.75) is 13.2 Å². The van der Waals surface area contributed by atoms with Crippen molar-refractivity contribution in [3.63, 3.8) is 0 Å². The topological polar surface area (TPSA) is 83.0 Å². The number of aromatic nitrogens is 3. The molecule has 1 aliphatic heterocycles. The van der Waals surface area contributed by atoms with Crippen molar-refractivity contribution < 1.29 is 9.53 Å². The van der Waals surface area contributed by atoms with Crippen LogP contribution in [0.15, 0.2) is 0 Å². The van der Waals surface area contributed by atoms with Crippen LogP contribution >= 0.6 is 0 Å². The largest absolute Gasteiger partial charge is 0.372 e. The minimum atomic E-state index is -0.600. The van der Waals surface area contributed by atoms with Gasteiger partial charge in [-0.05, 0) is 0 Å². The highest BCUT2D eigenvalue weighted by Gasteiger charge is 2.16. The summed E-state index contributed by atoms with van der Waals surface area (Å²) in [6.07, 6.45) is 0. The van der Waals surface area contributed by atoms with Crippen molar-refractivity contribution in [1.82, 2.24) is 14.8 Å². The Hall–Kier alpha value is -1.43. The summed E-state index contributed by atoms with van der Waals surface area (Å²) in [5.74, 6) is 0.127. The standard InChI is InChI=1S/C6H8N4O2/c7-5(11)6-8-4-3-12-2-1-10(4)9-6/h1-3H2,(H2,7,11). The molecule has 0 fully saturated rings. The minimum absolute atomic E-state index is 0.0653. The molecule has 0 saturated heterocycles. The van der Waals surface area contributed by atoms with Crippen LogP contribution in [0, 0.1) is 0 Å². The molecule has 0 radical (unpaired) electrons. The minimum Gasteiger partial charge on any atom is -0.372 e. The van der Waals surface area contributed by atoms with Gasteiger partial charge in [0.25, 0.3) is 5.91 Å². The first-order chi connectivity index (χ1) is 5.77. The van der Waals surface area contributed by atoms with E-state index in [0.717, 1.165) is 0 Å². The molecule has 0 spiro atoms. The number of hydrogen-bond donors (Lipinski definition) is 1. The molecule has 0 aromatic carbocycles. The zero-order valence-electron chi connectivity index (χ0n) is 6.36. The summed E-state index contributed by atoms with van der Waals surface area (Å²) in [4.78, 5) is 14.6. The van der Waals surface area contributed by atoms with Gasteiger partial charge < -0.3 is 10.5 Å². The first-order valence-electron chi connectivity index (χ1n) is 3.58. The van der Waals surface area contributed by atoms with Gasteiger partial charge in [-0.25, -0.2) is 9.67 Å². The lowest BCUT2D eigenvalue weighted by Crippen LogP contribution is -2.18. The summed E-state index contributed by atoms with van der Waals surface area (Å²) >= 11 is 0. The second-order valence-electron chi connectivity index (χ2n) is 2.49. The van der Waals surface area contributed by atoms with Crippen molar-refractivity contribution in [2.24, 2.45) is 5.73 Å². The molecule has 0 bridgehead atoms. The SMILES string of the molecule is NC(=O)c1nc2n(n1)CCOC2. The Morgan fingerprint density at radius 2 is 2.50 bits per heavy atom. The second kappa shape index (κ2) is 2.56. The van der Waals surface area contributed by atoms with E-state index in [1.165, 1.54) is 0 Å². The highest BCUT2D eigenvalue weighted by Crippen LogP contribution is 2.05. The number of nitrogens with two attached hydrogens (primary N) is 1. The average Bonchev–Trinajstić information content (AvgIpc) is 2.46. The molecule has 1 aromatic rings. The summed E-state index contributed by atoms with van der Waals surface area (Å²) < 4.78 is 6.76. The number of fused-ring (bicyclic) bond motifs is 1. The molecular weight excluding hydrogens is 160 g/mol. The molecule has 6 heteroatoms. The third-order valence-electron chi connectivity index (χ3n) is 1.65. The summed E-state index contributed by atoms with van der Waals surface area (Å²) in [5, 5.41) is 3.90. The Morgan fingerprint density at radius 1 is 1.67 bits per heavy atom. The van der Waals surface area contributed by atoms with Crippen LogP contribution in [0.25, 0.3) is 0 Å². The summed E-state index contributed by atoms with van der Waals surface area (Å²) in [6, 6.07) is 0. The Kier molecular flexibility index (Phi) is 1.54. The van der Waals surface area contributed by atoms with Gasteiger partial charge in [0.2, 0.25) is 5.82 Å². The monoisotopic (exact) mass is 168 g/mol. The third kappa shape index (κ3) is 1.06. The van der Waals surface area contributed by atoms with E-state index in [1.807, 2.05) is 0 Å². The normalized spacial score (nSPS) is 15.7. The molecule has 12 heavy (non-hydrogen) atoms. The molecule has 2 heterocycles. The number of nitrogens with zero attached hydrogens (tertiary/aromatic N) is 3. The molecule has 0 atom stereocenters. The highest BCUT2D eigenvalue weighted by molar-refractivity contribution is 5.88. The van der Waals surface area contributed by atoms with Crippen molar-refractivity contribution in [2.75, 3.05) is 6.61 Å². The Bertz CT molecular complexity index is 296. The maximum atomic E-state index is 10.7. The predicted molar refractivity (Wildman–Crippen MR) is 38.2 cm³/mol. The quantitative estimate of drug-likeness (QED) is 0.577. The van der Waals surface area contributed by atoms with Crippen LogP contribution < -0.4 is 5.73 Å². The van der Waals surface area contributed by atoms with Crippen LogP contribution in [0.1, 0.15) is 16.4 Å². The Morgan fingerprint density at radius 3 is 3.17 bits per heavy atom. The Labute approximate surface area is 68.3 Å². The first kappa shape index (κ1) is 7.23. The maximum Gasteiger partial charge on any atom is 0.288 e. The number of rotatable bonds is 1. The van der Waals surface area contributed by atoms with Gasteiger partial charge in [-0.15, -0.1) is 5.10 Å². The highest BCUT2D eigenvalue weighted by atomic mass is 16.5. The molecule has 2 rings (SSSR count). The lowest BCUT2D eigenvalue weighted by molar-refractivity contribution is 0.0769. The fourth-order valence-corrected chi connectivity index (χ4v) is 1.08. The van der Waals surface area contributed by atoms with Gasteiger partial charge in [0.05, 0.1) is 13.2 Å². The van der Waals surface area contributed by atoms with Crippen LogP contribution in [-0.4, -0.2) is 27.3 Å². The second-order valence-corrected chi connectivity index (χ2v) is 2.49. The molecule has 6 nitrogen and oxygen atoms in total. The van der Waals surface area contributed by atoms with Crippen LogP contribution in [0.2, 0.25) is 0 Å². The van der Waals surface area contributed by atoms with Crippen LogP contribution in [0.4, 0.5) is 0 Å². The molecule has 0 unspecified atom stereocenters. The maximum absolute atomic E-state index is 10.7. The predicted octanol–water partition coefficient (Wildman–Crippen LogP) is -1.09. The molecule has 2 N–H and O–H groups in total. The van der Waals surface area contributed by atoms with Gasteiger partial charge in [0, 0.05) is 0 Å². The van der Waals surface area contributed by atoms with Gasteiger partial charge in [0.1, 0.15) is 6.61 Å². The van der Waals surface area contributed by atoms with E-state index >= 15 is 0 Å². The van der Waals surface area contributed by atoms with Gasteiger partial charge in [0.15, 0.2) is 5.82 Å². The fraction of sp³-hybridized carbons (Fsp3) is 0.500. The van der Waals surface area contributed by atoms with Crippen molar-refractivity contribution in [1.29, 1.82) is 0 Å². The van der Waals surface area contributed by atoms with Crippen LogP contribution in [0.3, 0.4) is 0 Å². The van der Waals surface area contributed by atoms with Crippen molar-refractivity contribution >= 4 is 5.91 Å². The zero-order valence-corrected chi connectivity index (χ0v) is 6.36. The lowest BCUT2D eigenvalue weighted by atomic mass is 10.5. The fourth-order valence-electron chi connectivity index (χ4n) is 1.08. The zero-order chi connectivity index (χ0) is 8.55. The summed E-state index contributed by atoms with van der Waals surface area (Å²) in [5.41, 5.74) is 5.01. The molecule has 0 aliphatic carbocycles. The lowest BCUT2D eigenvalue weighted by Gasteiger charge is -2.11. The number of amides is 1. The van der Waals surface area contributed by atoms with E-state index in [1.54, 1.807) is 4.68 Å². The molecule has 0 saturated carbocycles. The van der Waals surface area contributed by atoms with E-state index in [-0.39, 0.29) is 5.82 Å². The summed E-state index contributed by atoms with van der Waals surface area (Å²) in [6.45, 7) is 1.64. The van der Waals surface area contributed by atoms with E-state index in [0.29, 0.717) is 25.6 Å². The van der Waals surface area contributed by atoms with Crippen LogP contribution in [-0.2, 0) is 17.9 Å². The molecular formula is C6H8N4O2. The van der Waals surface area contributed by atoms with Gasteiger partial charge >= 0.3 is 0 Å².